The summed E-state index contributed by atoms with van der Waals surface area (Å²) in [5.74, 6) is 0. The fraction of sp³-hybridized carbons (Fsp3) is 0.138. The summed E-state index contributed by atoms with van der Waals surface area (Å²) in [6.07, 6.45) is 0. The third-order valence-electron chi connectivity index (χ3n) is 12.3. The molecule has 10 aromatic carbocycles. The lowest BCUT2D eigenvalue weighted by molar-refractivity contribution is 0.571. The van der Waals surface area contributed by atoms with Crippen molar-refractivity contribution in [3.63, 3.8) is 0 Å². The van der Waals surface area contributed by atoms with Crippen LogP contribution in [0.4, 0.5) is 0 Å². The molecule has 0 saturated heterocycles. The minimum absolute atomic E-state index is 0.126. The number of hydrogen-bond acceptors (Lipinski definition) is 0. The largest absolute Gasteiger partial charge is 0.0622 e. The van der Waals surface area contributed by atoms with Gasteiger partial charge in [0.05, 0.1) is 0 Å². The van der Waals surface area contributed by atoms with E-state index in [-0.39, 0.29) is 10.8 Å². The van der Waals surface area contributed by atoms with Gasteiger partial charge in [0.1, 0.15) is 0 Å². The van der Waals surface area contributed by atoms with Crippen LogP contribution in [0.15, 0.2) is 182 Å². The molecular formula is C58H48. The second-order valence-electron chi connectivity index (χ2n) is 18.0. The average molecular weight is 745 g/mol. The lowest BCUT2D eigenvalue weighted by Crippen LogP contribution is -2.20. The van der Waals surface area contributed by atoms with Gasteiger partial charge >= 0.3 is 0 Å². The molecule has 0 aliphatic carbocycles. The summed E-state index contributed by atoms with van der Waals surface area (Å²) >= 11 is 0. The number of benzene rings is 10. The Hall–Kier alpha value is -6.50. The van der Waals surface area contributed by atoms with Crippen LogP contribution in [0.25, 0.3) is 98.4 Å². The number of rotatable bonds is 4. The Balaban J connectivity index is 1.41. The molecule has 0 saturated carbocycles. The highest BCUT2D eigenvalue weighted by atomic mass is 14.4. The van der Waals surface area contributed by atoms with Crippen LogP contribution in [0.5, 0.6) is 0 Å². The van der Waals surface area contributed by atoms with Crippen LogP contribution in [-0.2, 0) is 10.8 Å². The second kappa shape index (κ2) is 13.6. The quantitative estimate of drug-likeness (QED) is 0.124. The van der Waals surface area contributed by atoms with Crippen LogP contribution >= 0.6 is 0 Å². The molecule has 0 amide bonds. The first-order valence-electron chi connectivity index (χ1n) is 20.7. The van der Waals surface area contributed by atoms with Crippen molar-refractivity contribution in [2.75, 3.05) is 0 Å². The van der Waals surface area contributed by atoms with E-state index in [1.165, 1.54) is 109 Å². The molecule has 10 rings (SSSR count). The summed E-state index contributed by atoms with van der Waals surface area (Å²) < 4.78 is 0. The molecule has 0 radical (unpaired) electrons. The predicted molar refractivity (Wildman–Crippen MR) is 253 cm³/mol. The molecule has 0 nitrogen and oxygen atoms in total. The lowest BCUT2D eigenvalue weighted by Gasteiger charge is -2.34. The highest BCUT2D eigenvalue weighted by Crippen LogP contribution is 2.54. The van der Waals surface area contributed by atoms with Crippen LogP contribution < -0.4 is 0 Å². The molecule has 0 unspecified atom stereocenters. The van der Waals surface area contributed by atoms with Crippen molar-refractivity contribution in [3.05, 3.63) is 193 Å². The summed E-state index contributed by atoms with van der Waals surface area (Å²) in [6.45, 7) is 14.2. The van der Waals surface area contributed by atoms with E-state index < -0.39 is 0 Å². The van der Waals surface area contributed by atoms with Gasteiger partial charge in [-0.25, -0.2) is 0 Å². The second-order valence-corrected chi connectivity index (χ2v) is 18.0. The molecule has 0 aromatic heterocycles. The van der Waals surface area contributed by atoms with Gasteiger partial charge in [0, 0.05) is 0 Å². The minimum Gasteiger partial charge on any atom is -0.0622 e. The van der Waals surface area contributed by atoms with Gasteiger partial charge in [-0.05, 0) is 126 Å². The number of hydrogen-bond donors (Lipinski definition) is 0. The van der Waals surface area contributed by atoms with Crippen LogP contribution in [0, 0.1) is 0 Å². The molecule has 0 fully saturated rings. The van der Waals surface area contributed by atoms with E-state index in [0.29, 0.717) is 0 Å². The third-order valence-corrected chi connectivity index (χ3v) is 12.3. The molecule has 10 aromatic rings. The van der Waals surface area contributed by atoms with Gasteiger partial charge in [0.2, 0.25) is 0 Å². The van der Waals surface area contributed by atoms with E-state index in [1.54, 1.807) is 0 Å². The van der Waals surface area contributed by atoms with Crippen LogP contribution in [0.3, 0.4) is 0 Å². The van der Waals surface area contributed by atoms with E-state index in [9.17, 15) is 0 Å². The van der Waals surface area contributed by atoms with Crippen molar-refractivity contribution in [2.45, 2.75) is 52.4 Å². The van der Waals surface area contributed by atoms with Crippen molar-refractivity contribution in [1.82, 2.24) is 0 Å². The van der Waals surface area contributed by atoms with Gasteiger partial charge in [0.15, 0.2) is 0 Å². The Kier molecular flexibility index (Phi) is 8.39. The Morgan fingerprint density at radius 2 is 0.552 bits per heavy atom. The van der Waals surface area contributed by atoms with Gasteiger partial charge in [-0.2, -0.15) is 0 Å². The topological polar surface area (TPSA) is 0 Å². The SMILES string of the molecule is CC(C)(C)c1cc(C(C)(C)C)c(-c2ccccc2)c(-c2c3ccccc3c(-c3ccc4c5ccccc5c5ccccc5c4c3)c3ccccc23)c1-c1ccccc1. The van der Waals surface area contributed by atoms with Crippen LogP contribution in [0.2, 0.25) is 0 Å². The molecule has 0 bridgehead atoms. The first-order chi connectivity index (χ1) is 28.1. The molecule has 0 N–H and O–H groups in total. The zero-order valence-corrected chi connectivity index (χ0v) is 34.3. The minimum atomic E-state index is -0.126. The molecule has 58 heavy (non-hydrogen) atoms. The maximum absolute atomic E-state index is 2.54. The Bertz CT molecular complexity index is 3040. The first-order valence-corrected chi connectivity index (χ1v) is 20.7. The van der Waals surface area contributed by atoms with E-state index in [2.05, 4.69) is 224 Å². The van der Waals surface area contributed by atoms with Crippen molar-refractivity contribution < 1.29 is 0 Å². The zero-order valence-electron chi connectivity index (χ0n) is 34.3. The highest BCUT2D eigenvalue weighted by molar-refractivity contribution is 6.28. The standard InChI is InChI=1S/C58H48/c1-57(2,3)50-36-51(58(4,5)6)54(38-23-11-8-12-24-38)56(53(50)37-21-9-7-10-22-37)55-47-31-19-17-29-45(47)52(46-30-18-20-32-48(46)55)39-33-34-44-42-27-14-13-25-40(42)41-26-15-16-28-43(41)49(44)35-39/h7-36H,1-6H3. The van der Waals surface area contributed by atoms with Gasteiger partial charge < -0.3 is 0 Å². The summed E-state index contributed by atoms with van der Waals surface area (Å²) in [7, 11) is 0. The van der Waals surface area contributed by atoms with Gasteiger partial charge in [0.25, 0.3) is 0 Å². The maximum atomic E-state index is 2.54. The molecule has 280 valence electrons. The molecule has 0 aliphatic heterocycles. The van der Waals surface area contributed by atoms with Gasteiger partial charge in [-0.1, -0.05) is 217 Å². The van der Waals surface area contributed by atoms with Crippen LogP contribution in [-0.4, -0.2) is 0 Å². The summed E-state index contributed by atoms with van der Waals surface area (Å²) in [6, 6.07) is 68.1. The van der Waals surface area contributed by atoms with Gasteiger partial charge in [-0.15, -0.1) is 0 Å². The first kappa shape index (κ1) is 35.9. The smallest absolute Gasteiger partial charge is 0.000836 e. The van der Waals surface area contributed by atoms with Crippen molar-refractivity contribution in [2.24, 2.45) is 0 Å². The fourth-order valence-electron chi connectivity index (χ4n) is 9.70. The monoisotopic (exact) mass is 744 g/mol. The Morgan fingerprint density at radius 1 is 0.224 bits per heavy atom. The van der Waals surface area contributed by atoms with E-state index in [4.69, 9.17) is 0 Å². The van der Waals surface area contributed by atoms with Crippen molar-refractivity contribution >= 4 is 53.9 Å². The van der Waals surface area contributed by atoms with E-state index >= 15 is 0 Å². The Labute approximate surface area is 342 Å². The summed E-state index contributed by atoms with van der Waals surface area (Å²) in [5, 5.41) is 12.8. The Morgan fingerprint density at radius 3 is 0.948 bits per heavy atom. The molecule has 0 spiro atoms. The van der Waals surface area contributed by atoms with Crippen molar-refractivity contribution in [1.29, 1.82) is 0 Å². The van der Waals surface area contributed by atoms with Crippen molar-refractivity contribution in [3.8, 4) is 44.5 Å². The fourth-order valence-corrected chi connectivity index (χ4v) is 9.70. The molecule has 0 heteroatoms. The summed E-state index contributed by atoms with van der Waals surface area (Å²) in [5.41, 5.74) is 12.7. The van der Waals surface area contributed by atoms with E-state index in [1.807, 2.05) is 0 Å². The number of fused-ring (bicyclic) bond motifs is 8. The average Bonchev–Trinajstić information content (AvgIpc) is 3.24. The highest BCUT2D eigenvalue weighted by Gasteiger charge is 2.32. The maximum Gasteiger partial charge on any atom is -0.000836 e. The molecule has 0 atom stereocenters. The molecule has 0 heterocycles. The van der Waals surface area contributed by atoms with E-state index in [0.717, 1.165) is 0 Å². The van der Waals surface area contributed by atoms with Gasteiger partial charge in [-0.3, -0.25) is 0 Å². The molecular weight excluding hydrogens is 697 g/mol. The zero-order chi connectivity index (χ0) is 39.8. The molecule has 0 aliphatic rings. The predicted octanol–water partition coefficient (Wildman–Crippen LogP) is 16.7. The van der Waals surface area contributed by atoms with Crippen LogP contribution in [0.1, 0.15) is 52.7 Å². The lowest BCUT2D eigenvalue weighted by atomic mass is 9.69. The normalized spacial score (nSPS) is 12.3. The summed E-state index contributed by atoms with van der Waals surface area (Å²) in [4.78, 5) is 0. The third kappa shape index (κ3) is 5.73.